The predicted octanol–water partition coefficient (Wildman–Crippen LogP) is 2.88. The van der Waals surface area contributed by atoms with Crippen LogP contribution in [0, 0.1) is 0 Å². The van der Waals surface area contributed by atoms with Gasteiger partial charge in [0.1, 0.15) is 0 Å². The number of alkyl halides is 3. The molecule has 0 aromatic heterocycles. The molecule has 0 saturated heterocycles. The molecule has 1 aromatic carbocycles. The van der Waals surface area contributed by atoms with Gasteiger partial charge in [0, 0.05) is 12.1 Å². The average Bonchev–Trinajstić information content (AvgIpc) is 2.48. The van der Waals surface area contributed by atoms with Crippen molar-refractivity contribution in [2.45, 2.75) is 44.5 Å². The second-order valence-electron chi connectivity index (χ2n) is 5.16. The van der Waals surface area contributed by atoms with Crippen molar-refractivity contribution in [3.63, 3.8) is 0 Å². The van der Waals surface area contributed by atoms with Gasteiger partial charge in [0.2, 0.25) is 0 Å². The molecule has 1 rings (SSSR count). The highest BCUT2D eigenvalue weighted by Gasteiger charge is 2.30. The summed E-state index contributed by atoms with van der Waals surface area (Å²) in [6.45, 7) is 3.97. The van der Waals surface area contributed by atoms with Gasteiger partial charge in [-0.25, -0.2) is 0 Å². The molecular weight excluding hydrogens is 283 g/mol. The van der Waals surface area contributed by atoms with Gasteiger partial charge in [-0.05, 0) is 30.5 Å². The minimum atomic E-state index is -4.38. The van der Waals surface area contributed by atoms with Crippen molar-refractivity contribution in [1.29, 1.82) is 0 Å². The summed E-state index contributed by atoms with van der Waals surface area (Å²) in [5, 5.41) is 22.6. The van der Waals surface area contributed by atoms with E-state index in [9.17, 15) is 23.4 Å². The first-order chi connectivity index (χ1) is 9.78. The molecule has 21 heavy (non-hydrogen) atoms. The lowest BCUT2D eigenvalue weighted by Gasteiger charge is -2.32. The maximum absolute atomic E-state index is 12.5. The maximum Gasteiger partial charge on any atom is 0.416 e. The Morgan fingerprint density at radius 3 is 2.00 bits per heavy atom. The molecule has 3 N–H and O–H groups in total. The molecule has 6 heteroatoms. The molecular formula is C15H22F3NO2. The lowest BCUT2D eigenvalue weighted by molar-refractivity contribution is -0.137. The van der Waals surface area contributed by atoms with E-state index in [2.05, 4.69) is 5.32 Å². The molecule has 0 aliphatic heterocycles. The van der Waals surface area contributed by atoms with Crippen molar-refractivity contribution < 1.29 is 23.4 Å². The number of hydrogen-bond acceptors (Lipinski definition) is 3. The molecule has 0 spiro atoms. The Labute approximate surface area is 122 Å². The standard InChI is InChI=1S/C15H22F3NO2/c1-3-14(4-2,10-20)19-9-13(21)11-5-7-12(8-6-11)15(16,17)18/h5-8,13,19-21H,3-4,9-10H2,1-2H3. The van der Waals surface area contributed by atoms with Crippen LogP contribution in [0.1, 0.15) is 43.9 Å². The first-order valence-corrected chi connectivity index (χ1v) is 6.99. The Bertz CT molecular complexity index is 419. The van der Waals surface area contributed by atoms with Gasteiger partial charge in [-0.2, -0.15) is 13.2 Å². The van der Waals surface area contributed by atoms with Crippen LogP contribution in [-0.2, 0) is 6.18 Å². The quantitative estimate of drug-likeness (QED) is 0.726. The predicted molar refractivity (Wildman–Crippen MR) is 74.8 cm³/mol. The number of hydrogen-bond donors (Lipinski definition) is 3. The number of aliphatic hydroxyl groups excluding tert-OH is 2. The van der Waals surface area contributed by atoms with Crippen molar-refractivity contribution in [2.24, 2.45) is 0 Å². The van der Waals surface area contributed by atoms with E-state index in [1.807, 2.05) is 13.8 Å². The molecule has 3 nitrogen and oxygen atoms in total. The zero-order valence-electron chi connectivity index (χ0n) is 12.2. The summed E-state index contributed by atoms with van der Waals surface area (Å²) in [4.78, 5) is 0. The number of benzene rings is 1. The number of aliphatic hydroxyl groups is 2. The van der Waals surface area contributed by atoms with Gasteiger partial charge in [0.05, 0.1) is 18.3 Å². The van der Waals surface area contributed by atoms with Crippen LogP contribution in [0.15, 0.2) is 24.3 Å². The van der Waals surface area contributed by atoms with Crippen LogP contribution in [0.3, 0.4) is 0 Å². The molecule has 120 valence electrons. The summed E-state index contributed by atoms with van der Waals surface area (Å²) < 4.78 is 37.4. The normalized spacial score (nSPS) is 14.2. The zero-order valence-corrected chi connectivity index (χ0v) is 12.2. The fraction of sp³-hybridized carbons (Fsp3) is 0.600. The fourth-order valence-electron chi connectivity index (χ4n) is 2.10. The third-order valence-corrected chi connectivity index (χ3v) is 3.95. The highest BCUT2D eigenvalue weighted by atomic mass is 19.4. The Kier molecular flexibility index (Phi) is 6.19. The Morgan fingerprint density at radius 2 is 1.62 bits per heavy atom. The van der Waals surface area contributed by atoms with Gasteiger partial charge in [-0.3, -0.25) is 0 Å². The highest BCUT2D eigenvalue weighted by molar-refractivity contribution is 5.26. The Balaban J connectivity index is 2.70. The van der Waals surface area contributed by atoms with Gasteiger partial charge in [0.15, 0.2) is 0 Å². The topological polar surface area (TPSA) is 52.5 Å². The summed E-state index contributed by atoms with van der Waals surface area (Å²) in [5.74, 6) is 0. The second-order valence-corrected chi connectivity index (χ2v) is 5.16. The molecule has 0 aliphatic rings. The molecule has 0 heterocycles. The summed E-state index contributed by atoms with van der Waals surface area (Å²) in [6.07, 6.45) is -3.91. The first kappa shape index (κ1) is 17.9. The molecule has 0 fully saturated rings. The van der Waals surface area contributed by atoms with Gasteiger partial charge < -0.3 is 15.5 Å². The molecule has 0 aliphatic carbocycles. The van der Waals surface area contributed by atoms with Crippen LogP contribution in [0.4, 0.5) is 13.2 Å². The molecule has 1 atom stereocenters. The first-order valence-electron chi connectivity index (χ1n) is 6.99. The highest BCUT2D eigenvalue weighted by Crippen LogP contribution is 2.30. The minimum absolute atomic E-state index is 0.0558. The molecule has 1 unspecified atom stereocenters. The summed E-state index contributed by atoms with van der Waals surface area (Å²) in [6, 6.07) is 4.45. The van der Waals surface area contributed by atoms with E-state index < -0.39 is 23.4 Å². The summed E-state index contributed by atoms with van der Waals surface area (Å²) >= 11 is 0. The van der Waals surface area contributed by atoms with E-state index in [0.717, 1.165) is 12.1 Å². The van der Waals surface area contributed by atoms with Crippen molar-refractivity contribution in [2.75, 3.05) is 13.2 Å². The third-order valence-electron chi connectivity index (χ3n) is 3.95. The van der Waals surface area contributed by atoms with Crippen molar-refractivity contribution in [3.05, 3.63) is 35.4 Å². The SMILES string of the molecule is CCC(CC)(CO)NCC(O)c1ccc(C(F)(F)F)cc1. The van der Waals surface area contributed by atoms with Crippen LogP contribution >= 0.6 is 0 Å². The second kappa shape index (κ2) is 7.24. The van der Waals surface area contributed by atoms with E-state index in [4.69, 9.17) is 0 Å². The monoisotopic (exact) mass is 305 g/mol. The lowest BCUT2D eigenvalue weighted by Crippen LogP contribution is -2.49. The number of nitrogens with one attached hydrogen (secondary N) is 1. The van der Waals surface area contributed by atoms with Crippen LogP contribution in [0.25, 0.3) is 0 Å². The Hall–Kier alpha value is -1.11. The van der Waals surface area contributed by atoms with Gasteiger partial charge in [0.25, 0.3) is 0 Å². The average molecular weight is 305 g/mol. The van der Waals surface area contributed by atoms with Crippen LogP contribution < -0.4 is 5.32 Å². The summed E-state index contributed by atoms with van der Waals surface area (Å²) in [7, 11) is 0. The number of halogens is 3. The van der Waals surface area contributed by atoms with E-state index in [-0.39, 0.29) is 13.2 Å². The maximum atomic E-state index is 12.5. The van der Waals surface area contributed by atoms with Gasteiger partial charge >= 0.3 is 6.18 Å². The minimum Gasteiger partial charge on any atom is -0.394 e. The van der Waals surface area contributed by atoms with Crippen molar-refractivity contribution in [3.8, 4) is 0 Å². The number of rotatable bonds is 7. The Morgan fingerprint density at radius 1 is 1.10 bits per heavy atom. The van der Waals surface area contributed by atoms with Gasteiger partial charge in [-0.1, -0.05) is 26.0 Å². The lowest BCUT2D eigenvalue weighted by atomic mass is 9.93. The van der Waals surface area contributed by atoms with Crippen LogP contribution in [-0.4, -0.2) is 28.9 Å². The van der Waals surface area contributed by atoms with Gasteiger partial charge in [-0.15, -0.1) is 0 Å². The largest absolute Gasteiger partial charge is 0.416 e. The molecule has 0 bridgehead atoms. The molecule has 0 saturated carbocycles. The van der Waals surface area contributed by atoms with Crippen LogP contribution in [0.2, 0.25) is 0 Å². The number of β-amino-alcohol motifs (C(OH)–C–C–N with tert-alkyl or cyclic N) is 1. The molecule has 0 radical (unpaired) electrons. The van der Waals surface area contributed by atoms with Crippen molar-refractivity contribution >= 4 is 0 Å². The van der Waals surface area contributed by atoms with Crippen LogP contribution in [0.5, 0.6) is 0 Å². The van der Waals surface area contributed by atoms with E-state index in [1.165, 1.54) is 12.1 Å². The van der Waals surface area contributed by atoms with Crippen molar-refractivity contribution in [1.82, 2.24) is 5.32 Å². The third kappa shape index (κ3) is 4.69. The molecule has 0 amide bonds. The van der Waals surface area contributed by atoms with E-state index >= 15 is 0 Å². The van der Waals surface area contributed by atoms with E-state index in [1.54, 1.807) is 0 Å². The fourth-order valence-corrected chi connectivity index (χ4v) is 2.10. The van der Waals surface area contributed by atoms with E-state index in [0.29, 0.717) is 18.4 Å². The molecule has 1 aromatic rings. The zero-order chi connectivity index (χ0) is 16.1. The smallest absolute Gasteiger partial charge is 0.394 e. The summed E-state index contributed by atoms with van der Waals surface area (Å²) in [5.41, 5.74) is -0.792.